The molecule has 0 radical (unpaired) electrons. The Kier molecular flexibility index (Phi) is 10.3. The van der Waals surface area contributed by atoms with Gasteiger partial charge in [-0.05, 0) is 37.7 Å². The third-order valence-electron chi connectivity index (χ3n) is 9.41. The number of amides is 2. The third-order valence-corrected chi connectivity index (χ3v) is 9.41. The Hall–Kier alpha value is -3.05. The monoisotopic (exact) mass is 595 g/mol. The molecule has 234 valence electrons. The number of fused-ring (bicyclic) bond motifs is 1. The number of carbonyl (C=O) groups excluding carboxylic acids is 3. The molecular formula is C33H45N3O7. The average molecular weight is 596 g/mol. The molecule has 10 heteroatoms. The highest BCUT2D eigenvalue weighted by molar-refractivity contribution is 5.98. The van der Waals surface area contributed by atoms with Crippen molar-refractivity contribution >= 4 is 17.8 Å². The zero-order valence-electron chi connectivity index (χ0n) is 25.0. The van der Waals surface area contributed by atoms with E-state index in [9.17, 15) is 19.5 Å². The van der Waals surface area contributed by atoms with Crippen molar-refractivity contribution in [3.63, 3.8) is 0 Å². The van der Waals surface area contributed by atoms with E-state index in [0.29, 0.717) is 58.5 Å². The standard InChI is InChI=1S/C33H45N3O7/c1-3-5-9-19-42-32(40)27-26-12-13-33(43-26)28(27)30(38)36(25(23-37)22-24-10-7-6-8-11-24)29(33)31(39)35(14-4-2)16-15-34-17-20-41-21-18-34/h3-4,6-8,10-11,25-29,37H,1-2,5,9,12-23H2/t25-,26+,27-,28+,29?,33?/m1/s1. The van der Waals surface area contributed by atoms with Crippen LogP contribution < -0.4 is 0 Å². The average Bonchev–Trinajstić information content (AvgIpc) is 3.68. The Labute approximate surface area is 254 Å². The molecule has 0 aromatic heterocycles. The van der Waals surface area contributed by atoms with E-state index in [4.69, 9.17) is 14.2 Å². The number of ether oxygens (including phenoxy) is 3. The van der Waals surface area contributed by atoms with Crippen molar-refractivity contribution < 1.29 is 33.7 Å². The molecule has 1 N–H and O–H groups in total. The number of likely N-dealkylation sites (tertiary alicyclic amines) is 1. The summed E-state index contributed by atoms with van der Waals surface area (Å²) >= 11 is 0. The lowest BCUT2D eigenvalue weighted by Crippen LogP contribution is -2.59. The van der Waals surface area contributed by atoms with E-state index in [-0.39, 0.29) is 25.0 Å². The Balaban J connectivity index is 1.46. The summed E-state index contributed by atoms with van der Waals surface area (Å²) in [5, 5.41) is 10.7. The lowest BCUT2D eigenvalue weighted by Gasteiger charge is -2.40. The maximum atomic E-state index is 14.6. The van der Waals surface area contributed by atoms with Gasteiger partial charge in [-0.2, -0.15) is 0 Å². The van der Waals surface area contributed by atoms with E-state index in [2.05, 4.69) is 18.1 Å². The summed E-state index contributed by atoms with van der Waals surface area (Å²) in [6, 6.07) is 7.97. The van der Waals surface area contributed by atoms with Gasteiger partial charge in [-0.25, -0.2) is 0 Å². The Morgan fingerprint density at radius 1 is 1.19 bits per heavy atom. The van der Waals surface area contributed by atoms with Gasteiger partial charge >= 0.3 is 5.97 Å². The number of aliphatic hydroxyl groups excluding tert-OH is 1. The fourth-order valence-electron chi connectivity index (χ4n) is 7.37. The minimum absolute atomic E-state index is 0.232. The number of morpholine rings is 1. The van der Waals surface area contributed by atoms with Crippen molar-refractivity contribution in [2.75, 3.05) is 59.2 Å². The van der Waals surface area contributed by atoms with Crippen LogP contribution in [0.2, 0.25) is 0 Å². The molecule has 4 fully saturated rings. The summed E-state index contributed by atoms with van der Waals surface area (Å²) in [5.74, 6) is -2.66. The number of esters is 1. The van der Waals surface area contributed by atoms with Gasteiger partial charge in [0.25, 0.3) is 0 Å². The number of hydrogen-bond acceptors (Lipinski definition) is 8. The van der Waals surface area contributed by atoms with Gasteiger partial charge in [0.2, 0.25) is 11.8 Å². The van der Waals surface area contributed by atoms with E-state index < -0.39 is 41.6 Å². The number of nitrogens with zero attached hydrogens (tertiary/aromatic N) is 3. The second-order valence-electron chi connectivity index (χ2n) is 12.0. The normalized spacial score (nSPS) is 28.9. The van der Waals surface area contributed by atoms with E-state index in [1.165, 1.54) is 0 Å². The van der Waals surface area contributed by atoms with Gasteiger partial charge < -0.3 is 29.1 Å². The van der Waals surface area contributed by atoms with Crippen LogP contribution in [0.5, 0.6) is 0 Å². The minimum Gasteiger partial charge on any atom is -0.465 e. The van der Waals surface area contributed by atoms with Crippen molar-refractivity contribution in [1.82, 2.24) is 14.7 Å². The summed E-state index contributed by atoms with van der Waals surface area (Å²) in [7, 11) is 0. The highest BCUT2D eigenvalue weighted by Crippen LogP contribution is 2.59. The van der Waals surface area contributed by atoms with Crippen molar-refractivity contribution in [2.45, 2.75) is 55.9 Å². The molecule has 1 spiro atoms. The molecule has 5 rings (SSSR count). The van der Waals surface area contributed by atoms with Crippen LogP contribution >= 0.6 is 0 Å². The fourth-order valence-corrected chi connectivity index (χ4v) is 7.37. The van der Waals surface area contributed by atoms with Crippen LogP contribution in [-0.4, -0.2) is 121 Å². The predicted octanol–water partition coefficient (Wildman–Crippen LogP) is 1.82. The van der Waals surface area contributed by atoms with Crippen LogP contribution in [0.15, 0.2) is 55.6 Å². The molecule has 4 saturated heterocycles. The number of carbonyl (C=O) groups is 3. The molecule has 0 saturated carbocycles. The van der Waals surface area contributed by atoms with Crippen LogP contribution in [-0.2, 0) is 35.0 Å². The molecule has 2 bridgehead atoms. The van der Waals surface area contributed by atoms with E-state index in [1.54, 1.807) is 22.0 Å². The largest absolute Gasteiger partial charge is 0.465 e. The second kappa shape index (κ2) is 14.2. The molecule has 10 nitrogen and oxygen atoms in total. The van der Waals surface area contributed by atoms with Crippen LogP contribution in [0.25, 0.3) is 0 Å². The molecule has 6 atom stereocenters. The van der Waals surface area contributed by atoms with Gasteiger partial charge in [0.15, 0.2) is 0 Å². The van der Waals surface area contributed by atoms with Crippen LogP contribution in [0.1, 0.15) is 31.2 Å². The quantitative estimate of drug-likeness (QED) is 0.186. The van der Waals surface area contributed by atoms with Crippen LogP contribution in [0, 0.1) is 11.8 Å². The molecular weight excluding hydrogens is 550 g/mol. The van der Waals surface area contributed by atoms with E-state index >= 15 is 0 Å². The predicted molar refractivity (Wildman–Crippen MR) is 160 cm³/mol. The summed E-state index contributed by atoms with van der Waals surface area (Å²) < 4.78 is 17.7. The number of hydrogen-bond donors (Lipinski definition) is 1. The van der Waals surface area contributed by atoms with Crippen molar-refractivity contribution in [1.29, 1.82) is 0 Å². The summed E-state index contributed by atoms with van der Waals surface area (Å²) in [5.41, 5.74) is -0.222. The zero-order chi connectivity index (χ0) is 30.4. The number of rotatable bonds is 15. The number of aliphatic hydroxyl groups is 1. The lowest BCUT2D eigenvalue weighted by molar-refractivity contribution is -0.156. The zero-order valence-corrected chi connectivity index (χ0v) is 25.0. The molecule has 0 aliphatic carbocycles. The first kappa shape index (κ1) is 31.4. The number of unbranched alkanes of at least 4 members (excludes halogenated alkanes) is 1. The molecule has 4 aliphatic heterocycles. The number of benzene rings is 1. The van der Waals surface area contributed by atoms with Crippen molar-refractivity contribution in [3.05, 3.63) is 61.2 Å². The topological polar surface area (TPSA) is 109 Å². The van der Waals surface area contributed by atoms with Gasteiger partial charge in [0.1, 0.15) is 11.6 Å². The fraction of sp³-hybridized carbons (Fsp3) is 0.606. The molecule has 2 amide bonds. The smallest absolute Gasteiger partial charge is 0.312 e. The highest BCUT2D eigenvalue weighted by atomic mass is 16.6. The van der Waals surface area contributed by atoms with Crippen LogP contribution in [0.3, 0.4) is 0 Å². The SMILES string of the molecule is C=CCCCOC(=O)[C@@H]1[C@@H]2CCC3(O2)C(C(=O)N(CC=C)CCN2CCOCC2)N([C@@H](CO)Cc2ccccc2)C(=O)[C@H]13. The Morgan fingerprint density at radius 2 is 1.95 bits per heavy atom. The Morgan fingerprint density at radius 3 is 2.65 bits per heavy atom. The van der Waals surface area contributed by atoms with Crippen molar-refractivity contribution in [3.8, 4) is 0 Å². The lowest BCUT2D eigenvalue weighted by atomic mass is 9.70. The van der Waals surface area contributed by atoms with Gasteiger partial charge in [0.05, 0.1) is 50.4 Å². The molecule has 43 heavy (non-hydrogen) atoms. The van der Waals surface area contributed by atoms with Gasteiger partial charge in [-0.15, -0.1) is 13.2 Å². The minimum atomic E-state index is -1.16. The summed E-state index contributed by atoms with van der Waals surface area (Å²) in [4.78, 5) is 48.1. The second-order valence-corrected chi connectivity index (χ2v) is 12.0. The molecule has 2 unspecified atom stereocenters. The van der Waals surface area contributed by atoms with Gasteiger partial charge in [0, 0.05) is 32.7 Å². The first-order chi connectivity index (χ1) is 20.9. The van der Waals surface area contributed by atoms with E-state index in [1.807, 2.05) is 30.3 Å². The third kappa shape index (κ3) is 6.29. The Bertz CT molecular complexity index is 1160. The molecule has 4 heterocycles. The maximum Gasteiger partial charge on any atom is 0.312 e. The highest BCUT2D eigenvalue weighted by Gasteiger charge is 2.75. The molecule has 1 aromatic carbocycles. The van der Waals surface area contributed by atoms with Crippen molar-refractivity contribution in [2.24, 2.45) is 11.8 Å². The van der Waals surface area contributed by atoms with E-state index in [0.717, 1.165) is 25.1 Å². The summed E-state index contributed by atoms with van der Waals surface area (Å²) in [6.45, 7) is 11.8. The molecule has 4 aliphatic rings. The van der Waals surface area contributed by atoms with Gasteiger partial charge in [-0.3, -0.25) is 19.3 Å². The number of allylic oxidation sites excluding steroid dienone is 1. The van der Waals surface area contributed by atoms with Crippen LogP contribution in [0.4, 0.5) is 0 Å². The maximum absolute atomic E-state index is 14.6. The van der Waals surface area contributed by atoms with Gasteiger partial charge in [-0.1, -0.05) is 42.5 Å². The first-order valence-corrected chi connectivity index (χ1v) is 15.6. The summed E-state index contributed by atoms with van der Waals surface area (Å²) in [6.07, 6.45) is 5.75. The molecule has 1 aromatic rings. The first-order valence-electron chi connectivity index (χ1n) is 15.6.